The Labute approximate surface area is 83.5 Å². The van der Waals surface area contributed by atoms with E-state index in [0.29, 0.717) is 11.2 Å². The number of nitrogens with one attached hydrogen (secondary N) is 3. The zero-order chi connectivity index (χ0) is 9.84. The first-order chi connectivity index (χ1) is 6.13. The normalized spacial score (nSPS) is 17.4. The molecule has 0 aromatic carbocycles. The Hall–Kier alpha value is -0.840. The van der Waals surface area contributed by atoms with Crippen molar-refractivity contribution >= 4 is 23.2 Å². The highest BCUT2D eigenvalue weighted by Crippen LogP contribution is 2.18. The van der Waals surface area contributed by atoms with E-state index in [1.54, 1.807) is 14.0 Å². The Bertz CT molecular complexity index is 215. The molecule has 74 valence electrons. The molecule has 0 heterocycles. The molecule has 0 aromatic rings. The van der Waals surface area contributed by atoms with Gasteiger partial charge in [0.1, 0.15) is 6.04 Å². The van der Waals surface area contributed by atoms with Crippen LogP contribution in [0.1, 0.15) is 19.8 Å². The lowest BCUT2D eigenvalue weighted by atomic mass is 10.3. The van der Waals surface area contributed by atoms with Crippen molar-refractivity contribution in [3.8, 4) is 0 Å². The second-order valence-corrected chi connectivity index (χ2v) is 3.64. The zero-order valence-corrected chi connectivity index (χ0v) is 8.70. The number of thiocarbonyl (C=S) groups is 1. The van der Waals surface area contributed by atoms with Crippen LogP contribution in [0.3, 0.4) is 0 Å². The average molecular weight is 201 g/mol. The van der Waals surface area contributed by atoms with E-state index in [-0.39, 0.29) is 11.9 Å². The van der Waals surface area contributed by atoms with Crippen LogP contribution in [0.15, 0.2) is 0 Å². The molecule has 1 saturated carbocycles. The van der Waals surface area contributed by atoms with E-state index in [1.165, 1.54) is 0 Å². The van der Waals surface area contributed by atoms with E-state index in [4.69, 9.17) is 12.2 Å². The van der Waals surface area contributed by atoms with Crippen molar-refractivity contribution in [1.29, 1.82) is 0 Å². The van der Waals surface area contributed by atoms with E-state index >= 15 is 0 Å². The zero-order valence-electron chi connectivity index (χ0n) is 7.89. The Balaban J connectivity index is 2.23. The van der Waals surface area contributed by atoms with Crippen LogP contribution in [0, 0.1) is 0 Å². The maximum Gasteiger partial charge on any atom is 0.242 e. The number of carbonyl (C=O) groups excluding carboxylic acids is 1. The molecule has 1 amide bonds. The van der Waals surface area contributed by atoms with E-state index < -0.39 is 0 Å². The summed E-state index contributed by atoms with van der Waals surface area (Å²) in [6.45, 7) is 1.79. The van der Waals surface area contributed by atoms with Crippen LogP contribution in [0.5, 0.6) is 0 Å². The topological polar surface area (TPSA) is 53.2 Å². The average Bonchev–Trinajstić information content (AvgIpc) is 2.87. The molecule has 4 nitrogen and oxygen atoms in total. The van der Waals surface area contributed by atoms with Gasteiger partial charge in [-0.1, -0.05) is 0 Å². The number of hydrogen-bond acceptors (Lipinski definition) is 2. The van der Waals surface area contributed by atoms with Gasteiger partial charge in [-0.15, -0.1) is 0 Å². The fourth-order valence-electron chi connectivity index (χ4n) is 0.888. The molecule has 0 bridgehead atoms. The first-order valence-electron chi connectivity index (χ1n) is 4.42. The standard InChI is InChI=1S/C8H15N3OS/c1-5(10-8(13)9-2)7(12)11-6-3-4-6/h5-6H,3-4H2,1-2H3,(H,11,12)(H2,9,10,13). The van der Waals surface area contributed by atoms with Crippen molar-refractivity contribution in [3.05, 3.63) is 0 Å². The highest BCUT2D eigenvalue weighted by Gasteiger charge is 2.25. The first-order valence-corrected chi connectivity index (χ1v) is 4.83. The Kier molecular flexibility index (Phi) is 3.48. The summed E-state index contributed by atoms with van der Waals surface area (Å²) in [5.74, 6) is 0.0140. The third-order valence-corrected chi connectivity index (χ3v) is 2.21. The monoisotopic (exact) mass is 201 g/mol. The summed E-state index contributed by atoms with van der Waals surface area (Å²) in [4.78, 5) is 11.4. The second kappa shape index (κ2) is 4.41. The minimum atomic E-state index is -0.263. The lowest BCUT2D eigenvalue weighted by Gasteiger charge is -2.14. The molecular formula is C8H15N3OS. The third kappa shape index (κ3) is 3.59. The Morgan fingerprint density at radius 1 is 1.54 bits per heavy atom. The van der Waals surface area contributed by atoms with Crippen LogP contribution in [0.4, 0.5) is 0 Å². The van der Waals surface area contributed by atoms with Crippen molar-refractivity contribution < 1.29 is 4.79 Å². The number of carbonyl (C=O) groups is 1. The maximum atomic E-state index is 11.4. The molecule has 0 saturated heterocycles. The summed E-state index contributed by atoms with van der Waals surface area (Å²) >= 11 is 4.88. The van der Waals surface area contributed by atoms with E-state index in [9.17, 15) is 4.79 Å². The van der Waals surface area contributed by atoms with E-state index in [1.807, 2.05) is 0 Å². The first kappa shape index (κ1) is 10.2. The summed E-state index contributed by atoms with van der Waals surface area (Å²) in [5.41, 5.74) is 0. The lowest BCUT2D eigenvalue weighted by molar-refractivity contribution is -0.122. The van der Waals surface area contributed by atoms with Gasteiger partial charge in [-0.05, 0) is 32.0 Å². The summed E-state index contributed by atoms with van der Waals surface area (Å²) in [5, 5.41) is 9.02. The van der Waals surface area contributed by atoms with Gasteiger partial charge in [0.15, 0.2) is 5.11 Å². The van der Waals surface area contributed by atoms with Crippen molar-refractivity contribution in [2.75, 3.05) is 7.05 Å². The van der Waals surface area contributed by atoms with Crippen LogP contribution in [0.2, 0.25) is 0 Å². The molecule has 3 N–H and O–H groups in total. The van der Waals surface area contributed by atoms with Gasteiger partial charge in [-0.3, -0.25) is 4.79 Å². The molecule has 1 aliphatic carbocycles. The van der Waals surface area contributed by atoms with Crippen LogP contribution >= 0.6 is 12.2 Å². The van der Waals surface area contributed by atoms with Crippen LogP contribution in [0.25, 0.3) is 0 Å². The molecule has 1 atom stereocenters. The van der Waals surface area contributed by atoms with Gasteiger partial charge >= 0.3 is 0 Å². The second-order valence-electron chi connectivity index (χ2n) is 3.23. The van der Waals surface area contributed by atoms with Gasteiger partial charge in [0.25, 0.3) is 0 Å². The number of amides is 1. The predicted molar refractivity (Wildman–Crippen MR) is 55.4 cm³/mol. The van der Waals surface area contributed by atoms with Crippen molar-refractivity contribution in [1.82, 2.24) is 16.0 Å². The molecule has 1 rings (SSSR count). The molecule has 1 aliphatic rings. The van der Waals surface area contributed by atoms with Crippen LogP contribution in [-0.4, -0.2) is 30.2 Å². The fraction of sp³-hybridized carbons (Fsp3) is 0.750. The maximum absolute atomic E-state index is 11.4. The summed E-state index contributed by atoms with van der Waals surface area (Å²) in [6, 6.07) is 0.139. The number of hydrogen-bond donors (Lipinski definition) is 3. The highest BCUT2D eigenvalue weighted by atomic mass is 32.1. The van der Waals surface area contributed by atoms with E-state index in [2.05, 4.69) is 16.0 Å². The lowest BCUT2D eigenvalue weighted by Crippen LogP contribution is -2.48. The van der Waals surface area contributed by atoms with Gasteiger partial charge in [-0.2, -0.15) is 0 Å². The molecule has 1 unspecified atom stereocenters. The van der Waals surface area contributed by atoms with Crippen molar-refractivity contribution in [2.45, 2.75) is 31.8 Å². The smallest absolute Gasteiger partial charge is 0.242 e. The SMILES string of the molecule is CNC(=S)NC(C)C(=O)NC1CC1. The quantitative estimate of drug-likeness (QED) is 0.551. The summed E-state index contributed by atoms with van der Waals surface area (Å²) in [6.07, 6.45) is 2.21. The van der Waals surface area contributed by atoms with Gasteiger partial charge in [0.2, 0.25) is 5.91 Å². The largest absolute Gasteiger partial charge is 0.366 e. The van der Waals surface area contributed by atoms with Gasteiger partial charge in [0.05, 0.1) is 0 Å². The van der Waals surface area contributed by atoms with Crippen LogP contribution in [-0.2, 0) is 4.79 Å². The molecular weight excluding hydrogens is 186 g/mol. The van der Waals surface area contributed by atoms with Crippen molar-refractivity contribution in [2.24, 2.45) is 0 Å². The highest BCUT2D eigenvalue weighted by molar-refractivity contribution is 7.80. The Morgan fingerprint density at radius 3 is 2.62 bits per heavy atom. The predicted octanol–water partition coefficient (Wildman–Crippen LogP) is -0.253. The summed E-state index contributed by atoms with van der Waals surface area (Å²) < 4.78 is 0. The minimum absolute atomic E-state index is 0.0140. The van der Waals surface area contributed by atoms with Crippen LogP contribution < -0.4 is 16.0 Å². The molecule has 5 heteroatoms. The Morgan fingerprint density at radius 2 is 2.15 bits per heavy atom. The molecule has 13 heavy (non-hydrogen) atoms. The third-order valence-electron chi connectivity index (χ3n) is 1.89. The molecule has 1 fully saturated rings. The molecule has 0 aliphatic heterocycles. The molecule has 0 radical (unpaired) electrons. The van der Waals surface area contributed by atoms with Gasteiger partial charge in [-0.25, -0.2) is 0 Å². The fourth-order valence-corrected chi connectivity index (χ4v) is 1.06. The number of rotatable bonds is 3. The molecule has 0 spiro atoms. The van der Waals surface area contributed by atoms with Crippen molar-refractivity contribution in [3.63, 3.8) is 0 Å². The van der Waals surface area contributed by atoms with Gasteiger partial charge in [0, 0.05) is 13.1 Å². The summed E-state index contributed by atoms with van der Waals surface area (Å²) in [7, 11) is 1.72. The van der Waals surface area contributed by atoms with Gasteiger partial charge < -0.3 is 16.0 Å². The minimum Gasteiger partial charge on any atom is -0.366 e. The van der Waals surface area contributed by atoms with E-state index in [0.717, 1.165) is 12.8 Å². The molecule has 0 aromatic heterocycles.